The van der Waals surface area contributed by atoms with Gasteiger partial charge in [0.1, 0.15) is 5.75 Å². The highest BCUT2D eigenvalue weighted by molar-refractivity contribution is 7.92. The van der Waals surface area contributed by atoms with Crippen LogP contribution in [-0.2, 0) is 14.8 Å². The Bertz CT molecular complexity index is 1160. The number of anilines is 2. The Morgan fingerprint density at radius 1 is 0.938 bits per heavy atom. The molecular formula is C25H28N2O4S. The van der Waals surface area contributed by atoms with Crippen LogP contribution in [0.4, 0.5) is 11.4 Å². The summed E-state index contributed by atoms with van der Waals surface area (Å²) in [6.45, 7) is 7.63. The first-order valence-electron chi connectivity index (χ1n) is 10.5. The molecular weight excluding hydrogens is 424 g/mol. The minimum Gasteiger partial charge on any atom is -0.480 e. The van der Waals surface area contributed by atoms with E-state index in [0.29, 0.717) is 23.7 Å². The van der Waals surface area contributed by atoms with Crippen LogP contribution in [-0.4, -0.2) is 27.0 Å². The SMILES string of the molecule is CCN(c1ccccc1)S(=O)(=O)c1ccc(NC(=O)C(C)Oc2c(C)cccc2C)cc1. The molecule has 0 saturated heterocycles. The fourth-order valence-electron chi connectivity index (χ4n) is 3.38. The summed E-state index contributed by atoms with van der Waals surface area (Å²) in [5.41, 5.74) is 3.01. The lowest BCUT2D eigenvalue weighted by Crippen LogP contribution is -2.31. The summed E-state index contributed by atoms with van der Waals surface area (Å²) in [6.07, 6.45) is -0.716. The molecule has 3 rings (SSSR count). The number of nitrogens with zero attached hydrogens (tertiary/aromatic N) is 1. The summed E-state index contributed by atoms with van der Waals surface area (Å²) >= 11 is 0. The second-order valence-electron chi connectivity index (χ2n) is 7.50. The van der Waals surface area contributed by atoms with Crippen molar-refractivity contribution in [3.8, 4) is 5.75 Å². The highest BCUT2D eigenvalue weighted by atomic mass is 32.2. The number of amides is 1. The number of para-hydroxylation sites is 2. The van der Waals surface area contributed by atoms with Gasteiger partial charge in [-0.3, -0.25) is 9.10 Å². The predicted octanol–water partition coefficient (Wildman–Crippen LogP) is 4.92. The van der Waals surface area contributed by atoms with Crippen LogP contribution in [0.1, 0.15) is 25.0 Å². The van der Waals surface area contributed by atoms with Gasteiger partial charge in [-0.1, -0.05) is 36.4 Å². The highest BCUT2D eigenvalue weighted by Crippen LogP contribution is 2.25. The molecule has 3 aromatic rings. The van der Waals surface area contributed by atoms with Crippen LogP contribution in [0.5, 0.6) is 5.75 Å². The predicted molar refractivity (Wildman–Crippen MR) is 128 cm³/mol. The average Bonchev–Trinajstić information content (AvgIpc) is 2.77. The summed E-state index contributed by atoms with van der Waals surface area (Å²) in [6, 6.07) is 20.9. The first kappa shape index (κ1) is 23.3. The van der Waals surface area contributed by atoms with Crippen molar-refractivity contribution in [1.82, 2.24) is 0 Å². The van der Waals surface area contributed by atoms with E-state index < -0.39 is 16.1 Å². The largest absolute Gasteiger partial charge is 0.480 e. The van der Waals surface area contributed by atoms with Crippen molar-refractivity contribution >= 4 is 27.3 Å². The van der Waals surface area contributed by atoms with Crippen molar-refractivity contribution < 1.29 is 17.9 Å². The summed E-state index contributed by atoms with van der Waals surface area (Å²) < 4.78 is 33.4. The first-order chi connectivity index (χ1) is 15.2. The number of aryl methyl sites for hydroxylation is 2. The maximum atomic E-state index is 13.1. The Hall–Kier alpha value is -3.32. The molecule has 3 aromatic carbocycles. The monoisotopic (exact) mass is 452 g/mol. The third-order valence-corrected chi connectivity index (χ3v) is 7.03. The number of hydrogen-bond acceptors (Lipinski definition) is 4. The molecule has 0 aromatic heterocycles. The maximum Gasteiger partial charge on any atom is 0.265 e. The van der Waals surface area contributed by atoms with Gasteiger partial charge in [0.2, 0.25) is 0 Å². The minimum atomic E-state index is -3.72. The van der Waals surface area contributed by atoms with Gasteiger partial charge >= 0.3 is 0 Å². The molecule has 0 spiro atoms. The lowest BCUT2D eigenvalue weighted by molar-refractivity contribution is -0.122. The molecule has 1 N–H and O–H groups in total. The van der Waals surface area contributed by atoms with Gasteiger partial charge in [0, 0.05) is 12.2 Å². The Balaban J connectivity index is 1.72. The molecule has 1 atom stereocenters. The topological polar surface area (TPSA) is 75.7 Å². The molecule has 0 bridgehead atoms. The van der Waals surface area contributed by atoms with E-state index in [2.05, 4.69) is 5.32 Å². The molecule has 1 amide bonds. The molecule has 0 radical (unpaired) electrons. The number of hydrogen-bond donors (Lipinski definition) is 1. The van der Waals surface area contributed by atoms with Crippen LogP contribution in [0.3, 0.4) is 0 Å². The van der Waals surface area contributed by atoms with E-state index in [4.69, 9.17) is 4.74 Å². The molecule has 6 nitrogen and oxygen atoms in total. The van der Waals surface area contributed by atoms with E-state index >= 15 is 0 Å². The van der Waals surface area contributed by atoms with Gasteiger partial charge in [-0.15, -0.1) is 0 Å². The van der Waals surface area contributed by atoms with E-state index in [1.54, 1.807) is 50.2 Å². The van der Waals surface area contributed by atoms with Crippen LogP contribution in [0, 0.1) is 13.8 Å². The van der Waals surface area contributed by atoms with Gasteiger partial charge in [-0.05, 0) is 75.2 Å². The molecule has 32 heavy (non-hydrogen) atoms. The van der Waals surface area contributed by atoms with Crippen LogP contribution in [0.25, 0.3) is 0 Å². The smallest absolute Gasteiger partial charge is 0.265 e. The standard InChI is InChI=1S/C25H28N2O4S/c1-5-27(22-12-7-6-8-13-22)32(29,30)23-16-14-21(15-17-23)26-25(28)20(4)31-24-18(2)10-9-11-19(24)3/h6-17,20H,5H2,1-4H3,(H,26,28). The van der Waals surface area contributed by atoms with Crippen LogP contribution in [0.2, 0.25) is 0 Å². The molecule has 0 aliphatic heterocycles. The van der Waals surface area contributed by atoms with E-state index in [1.807, 2.05) is 38.1 Å². The van der Waals surface area contributed by atoms with Crippen molar-refractivity contribution in [3.05, 3.63) is 83.9 Å². The third-order valence-electron chi connectivity index (χ3n) is 5.11. The number of sulfonamides is 1. The zero-order valence-electron chi connectivity index (χ0n) is 18.7. The Morgan fingerprint density at radius 3 is 2.09 bits per heavy atom. The summed E-state index contributed by atoms with van der Waals surface area (Å²) in [5, 5.41) is 2.78. The highest BCUT2D eigenvalue weighted by Gasteiger charge is 2.24. The molecule has 0 fully saturated rings. The van der Waals surface area contributed by atoms with Gasteiger partial charge in [0.15, 0.2) is 6.10 Å². The molecule has 0 aliphatic rings. The fourth-order valence-corrected chi connectivity index (χ4v) is 4.86. The normalized spacial score (nSPS) is 12.1. The van der Waals surface area contributed by atoms with Gasteiger partial charge in [-0.2, -0.15) is 0 Å². The Kier molecular flexibility index (Phi) is 7.20. The molecule has 7 heteroatoms. The molecule has 168 valence electrons. The third kappa shape index (κ3) is 5.11. The van der Waals surface area contributed by atoms with Crippen molar-refractivity contribution in [2.75, 3.05) is 16.2 Å². The summed E-state index contributed by atoms with van der Waals surface area (Å²) in [5.74, 6) is 0.375. The van der Waals surface area contributed by atoms with Gasteiger partial charge in [-0.25, -0.2) is 8.42 Å². The number of benzene rings is 3. The van der Waals surface area contributed by atoms with Gasteiger partial charge in [0.25, 0.3) is 15.9 Å². The first-order valence-corrected chi connectivity index (χ1v) is 11.9. The summed E-state index contributed by atoms with van der Waals surface area (Å²) in [4.78, 5) is 12.8. The number of nitrogens with one attached hydrogen (secondary N) is 1. The number of carbonyl (C=O) groups excluding carboxylic acids is 1. The van der Waals surface area contributed by atoms with Gasteiger partial charge in [0.05, 0.1) is 10.6 Å². The lowest BCUT2D eigenvalue weighted by Gasteiger charge is -2.23. The molecule has 1 unspecified atom stereocenters. The van der Waals surface area contributed by atoms with E-state index in [1.165, 1.54) is 16.4 Å². The average molecular weight is 453 g/mol. The lowest BCUT2D eigenvalue weighted by atomic mass is 10.1. The summed E-state index contributed by atoms with van der Waals surface area (Å²) in [7, 11) is -3.72. The van der Waals surface area contributed by atoms with Crippen LogP contribution >= 0.6 is 0 Å². The Morgan fingerprint density at radius 2 is 1.53 bits per heavy atom. The molecule has 0 saturated carbocycles. The maximum absolute atomic E-state index is 13.1. The minimum absolute atomic E-state index is 0.154. The molecule has 0 heterocycles. The quantitative estimate of drug-likeness (QED) is 0.526. The number of ether oxygens (including phenoxy) is 1. The number of rotatable bonds is 8. The zero-order chi connectivity index (χ0) is 23.3. The van der Waals surface area contributed by atoms with Crippen molar-refractivity contribution in [2.45, 2.75) is 38.7 Å². The number of carbonyl (C=O) groups is 1. The van der Waals surface area contributed by atoms with Crippen LogP contribution < -0.4 is 14.4 Å². The Labute approximate surface area is 189 Å². The molecule has 0 aliphatic carbocycles. The van der Waals surface area contributed by atoms with Crippen LogP contribution in [0.15, 0.2) is 77.7 Å². The van der Waals surface area contributed by atoms with E-state index in [9.17, 15) is 13.2 Å². The fraction of sp³-hybridized carbons (Fsp3) is 0.240. The van der Waals surface area contributed by atoms with Gasteiger partial charge < -0.3 is 10.1 Å². The second-order valence-corrected chi connectivity index (χ2v) is 9.36. The van der Waals surface area contributed by atoms with E-state index in [0.717, 1.165) is 11.1 Å². The second kappa shape index (κ2) is 9.87. The zero-order valence-corrected chi connectivity index (χ0v) is 19.5. The van der Waals surface area contributed by atoms with E-state index in [-0.39, 0.29) is 10.8 Å². The van der Waals surface area contributed by atoms with Crippen molar-refractivity contribution in [2.24, 2.45) is 0 Å². The van der Waals surface area contributed by atoms with Crippen molar-refractivity contribution in [1.29, 1.82) is 0 Å². The van der Waals surface area contributed by atoms with Crippen molar-refractivity contribution in [3.63, 3.8) is 0 Å².